The third-order valence-corrected chi connectivity index (χ3v) is 6.48. The summed E-state index contributed by atoms with van der Waals surface area (Å²) in [6.45, 7) is 1.57. The number of nitrogens with one attached hydrogen (secondary N) is 2. The number of halogens is 1. The van der Waals surface area contributed by atoms with Gasteiger partial charge < -0.3 is 25.2 Å². The number of likely N-dealkylation sites (tertiary alicyclic amines) is 1. The molecule has 2 unspecified atom stereocenters. The largest absolute Gasteiger partial charge is 0.497 e. The summed E-state index contributed by atoms with van der Waals surface area (Å²) in [6.07, 6.45) is 0.407. The molecule has 1 amide bonds. The maximum Gasteiger partial charge on any atom is 0.263 e. The van der Waals surface area contributed by atoms with Crippen LogP contribution in [0.2, 0.25) is 0 Å². The van der Waals surface area contributed by atoms with Gasteiger partial charge in [-0.2, -0.15) is 0 Å². The molecule has 0 spiro atoms. The highest BCUT2D eigenvalue weighted by Gasteiger charge is 2.30. The van der Waals surface area contributed by atoms with Gasteiger partial charge in [0.1, 0.15) is 11.9 Å². The molecule has 3 aromatic rings. The summed E-state index contributed by atoms with van der Waals surface area (Å²) in [6, 6.07) is 10.6. The van der Waals surface area contributed by atoms with Crippen molar-refractivity contribution >= 4 is 22.6 Å². The number of ether oxygens (including phenoxy) is 2. The molecule has 2 aliphatic heterocycles. The predicted molar refractivity (Wildman–Crippen MR) is 128 cm³/mol. The number of aromatic nitrogens is 2. The fraction of sp³-hybridized carbons (Fsp3) is 0.400. The summed E-state index contributed by atoms with van der Waals surface area (Å²) in [5.74, 6) is 1.37. The molecule has 0 saturated carbocycles. The van der Waals surface area contributed by atoms with Crippen LogP contribution in [0.15, 0.2) is 42.6 Å². The molecule has 0 aliphatic carbocycles. The summed E-state index contributed by atoms with van der Waals surface area (Å²) in [5.41, 5.74) is 2.22. The highest BCUT2D eigenvalue weighted by Crippen LogP contribution is 2.28. The Morgan fingerprint density at radius 1 is 1.34 bits per heavy atom. The number of piperidine rings is 1. The van der Waals surface area contributed by atoms with Gasteiger partial charge in [-0.25, -0.2) is 9.37 Å². The van der Waals surface area contributed by atoms with E-state index in [1.54, 1.807) is 31.5 Å². The zero-order valence-corrected chi connectivity index (χ0v) is 19.4. The number of hydrogen-bond donors (Lipinski definition) is 3. The Kier molecular flexibility index (Phi) is 6.76. The van der Waals surface area contributed by atoms with Crippen LogP contribution in [0.3, 0.4) is 0 Å². The van der Waals surface area contributed by atoms with Crippen molar-refractivity contribution in [2.24, 2.45) is 0 Å². The normalized spacial score (nSPS) is 21.2. The van der Waals surface area contributed by atoms with Gasteiger partial charge in [0.05, 0.1) is 24.4 Å². The third kappa shape index (κ3) is 5.19. The summed E-state index contributed by atoms with van der Waals surface area (Å²) in [4.78, 5) is 22.2. The number of amides is 1. The van der Waals surface area contributed by atoms with Gasteiger partial charge in [-0.15, -0.1) is 0 Å². The molecule has 1 fully saturated rings. The minimum absolute atomic E-state index is 0.0192. The maximum absolute atomic E-state index is 15.0. The number of aliphatic hydroxyl groups excluding tert-OH is 1. The molecule has 10 heteroatoms. The van der Waals surface area contributed by atoms with E-state index < -0.39 is 12.3 Å². The van der Waals surface area contributed by atoms with Gasteiger partial charge in [0.25, 0.3) is 5.91 Å². The molecule has 4 heterocycles. The van der Waals surface area contributed by atoms with Crippen LogP contribution < -0.4 is 20.1 Å². The van der Waals surface area contributed by atoms with E-state index in [4.69, 9.17) is 9.47 Å². The van der Waals surface area contributed by atoms with Crippen LogP contribution >= 0.6 is 0 Å². The number of β-amino-alcohol motifs (C(OH)–C–C–N with tert-alkyl or cyclic N) is 1. The van der Waals surface area contributed by atoms with Crippen molar-refractivity contribution in [3.8, 4) is 11.5 Å². The fourth-order valence-corrected chi connectivity index (χ4v) is 4.61. The standard InChI is InChI=1S/C25H28FN5O4/c1-34-16-3-4-20-18(10-16)17(6-8-27-20)22(32)13-31-9-7-21(19(26)12-31)28-11-15-2-5-23-25(29-15)30-24(33)14-35-23/h2-6,8,10,19,21-22,28,32H,7,9,11-14H2,1H3,(H,29,30,33)/t19?,21?,22-/m0/s1. The lowest BCUT2D eigenvalue weighted by atomic mass is 10.00. The van der Waals surface area contributed by atoms with Crippen LogP contribution in [-0.2, 0) is 11.3 Å². The Morgan fingerprint density at radius 2 is 2.23 bits per heavy atom. The van der Waals surface area contributed by atoms with E-state index in [2.05, 4.69) is 20.6 Å². The van der Waals surface area contributed by atoms with E-state index in [0.29, 0.717) is 49.1 Å². The molecular formula is C25H28FN5O4. The molecule has 2 aromatic heterocycles. The molecule has 1 aromatic carbocycles. The Labute approximate surface area is 202 Å². The van der Waals surface area contributed by atoms with E-state index in [1.165, 1.54) is 0 Å². The van der Waals surface area contributed by atoms with E-state index in [0.717, 1.165) is 16.5 Å². The summed E-state index contributed by atoms with van der Waals surface area (Å²) < 4.78 is 25.7. The summed E-state index contributed by atoms with van der Waals surface area (Å²) >= 11 is 0. The minimum Gasteiger partial charge on any atom is -0.497 e. The lowest BCUT2D eigenvalue weighted by Crippen LogP contribution is -2.51. The van der Waals surface area contributed by atoms with Crippen molar-refractivity contribution in [2.45, 2.75) is 31.3 Å². The second kappa shape index (κ2) is 10.1. The lowest BCUT2D eigenvalue weighted by Gasteiger charge is -2.36. The van der Waals surface area contributed by atoms with E-state index >= 15 is 4.39 Å². The smallest absolute Gasteiger partial charge is 0.263 e. The van der Waals surface area contributed by atoms with E-state index in [1.807, 2.05) is 23.1 Å². The molecule has 35 heavy (non-hydrogen) atoms. The van der Waals surface area contributed by atoms with Gasteiger partial charge in [-0.3, -0.25) is 14.7 Å². The molecule has 184 valence electrons. The molecule has 3 N–H and O–H groups in total. The lowest BCUT2D eigenvalue weighted by molar-refractivity contribution is -0.118. The Morgan fingerprint density at radius 3 is 3.06 bits per heavy atom. The predicted octanol–water partition coefficient (Wildman–Crippen LogP) is 2.20. The van der Waals surface area contributed by atoms with Gasteiger partial charge in [0, 0.05) is 37.3 Å². The first-order valence-electron chi connectivity index (χ1n) is 11.6. The molecule has 0 bridgehead atoms. The van der Waals surface area contributed by atoms with Crippen molar-refractivity contribution in [2.75, 3.05) is 38.7 Å². The molecule has 9 nitrogen and oxygen atoms in total. The number of anilines is 1. The van der Waals surface area contributed by atoms with Crippen LogP contribution in [0, 0.1) is 0 Å². The zero-order valence-electron chi connectivity index (χ0n) is 19.4. The Balaban J connectivity index is 1.17. The first-order chi connectivity index (χ1) is 17.0. The molecule has 0 radical (unpaired) electrons. The van der Waals surface area contributed by atoms with Crippen LogP contribution in [0.5, 0.6) is 11.5 Å². The number of methoxy groups -OCH3 is 1. The molecule has 3 atom stereocenters. The first kappa shape index (κ1) is 23.4. The zero-order chi connectivity index (χ0) is 24.4. The van der Waals surface area contributed by atoms with Crippen molar-refractivity contribution in [1.29, 1.82) is 0 Å². The van der Waals surface area contributed by atoms with E-state index in [-0.39, 0.29) is 25.1 Å². The van der Waals surface area contributed by atoms with Gasteiger partial charge in [0.2, 0.25) is 0 Å². The molecule has 1 saturated heterocycles. The summed E-state index contributed by atoms with van der Waals surface area (Å²) in [5, 5.41) is 17.7. The van der Waals surface area contributed by atoms with Crippen LogP contribution in [0.1, 0.15) is 23.8 Å². The van der Waals surface area contributed by atoms with Gasteiger partial charge >= 0.3 is 0 Å². The van der Waals surface area contributed by atoms with E-state index in [9.17, 15) is 9.90 Å². The van der Waals surface area contributed by atoms with Gasteiger partial charge in [0.15, 0.2) is 18.2 Å². The van der Waals surface area contributed by atoms with Gasteiger partial charge in [-0.1, -0.05) is 0 Å². The molecule has 5 rings (SSSR count). The summed E-state index contributed by atoms with van der Waals surface area (Å²) in [7, 11) is 1.60. The van der Waals surface area contributed by atoms with Crippen LogP contribution in [-0.4, -0.2) is 71.4 Å². The highest BCUT2D eigenvalue weighted by molar-refractivity contribution is 5.94. The number of fused-ring (bicyclic) bond motifs is 2. The number of rotatable bonds is 7. The number of benzene rings is 1. The van der Waals surface area contributed by atoms with Gasteiger partial charge in [-0.05, 0) is 54.9 Å². The SMILES string of the molecule is COc1ccc2nccc([C@@H](O)CN3CCC(NCc4ccc5c(n4)NC(=O)CO5)C(F)C3)c2c1. The Hall–Kier alpha value is -3.34. The second-order valence-electron chi connectivity index (χ2n) is 8.84. The maximum atomic E-state index is 15.0. The van der Waals surface area contributed by atoms with Crippen molar-refractivity contribution in [1.82, 2.24) is 20.2 Å². The van der Waals surface area contributed by atoms with Crippen molar-refractivity contribution in [3.05, 3.63) is 53.9 Å². The molecule has 2 aliphatic rings. The fourth-order valence-electron chi connectivity index (χ4n) is 4.61. The number of nitrogens with zero attached hydrogens (tertiary/aromatic N) is 3. The monoisotopic (exact) mass is 481 g/mol. The number of pyridine rings is 2. The molecular weight excluding hydrogens is 453 g/mol. The second-order valence-corrected chi connectivity index (χ2v) is 8.84. The number of carbonyl (C=O) groups is 1. The van der Waals surface area contributed by atoms with Crippen molar-refractivity contribution < 1.29 is 23.8 Å². The Bertz CT molecular complexity index is 1230. The average molecular weight is 482 g/mol. The average Bonchev–Trinajstić information content (AvgIpc) is 2.87. The number of carbonyl (C=O) groups excluding carboxylic acids is 1. The quantitative estimate of drug-likeness (QED) is 0.471. The highest BCUT2D eigenvalue weighted by atomic mass is 19.1. The minimum atomic E-state index is -1.09. The topological polar surface area (TPSA) is 109 Å². The number of alkyl halides is 1. The number of aliphatic hydroxyl groups is 1. The third-order valence-electron chi connectivity index (χ3n) is 6.48. The van der Waals surface area contributed by atoms with Crippen molar-refractivity contribution in [3.63, 3.8) is 0 Å². The van der Waals surface area contributed by atoms with Crippen LogP contribution in [0.4, 0.5) is 10.2 Å². The van der Waals surface area contributed by atoms with Crippen LogP contribution in [0.25, 0.3) is 10.9 Å². The first-order valence-corrected chi connectivity index (χ1v) is 11.6. The number of hydrogen-bond acceptors (Lipinski definition) is 8.